The highest BCUT2D eigenvalue weighted by molar-refractivity contribution is 7.89. The van der Waals surface area contributed by atoms with Crippen molar-refractivity contribution in [3.63, 3.8) is 0 Å². The Morgan fingerprint density at radius 3 is 2.36 bits per heavy atom. The van der Waals surface area contributed by atoms with E-state index in [2.05, 4.69) is 10.0 Å². The monoisotopic (exact) mass is 402 g/mol. The Balaban J connectivity index is 1.75. The number of aryl methyl sites for hydroxylation is 2. The zero-order chi connectivity index (χ0) is 20.3. The number of carbonyl (C=O) groups excluding carboxylic acids is 1. The van der Waals surface area contributed by atoms with Crippen molar-refractivity contribution in [2.75, 3.05) is 12.4 Å². The molecule has 0 spiro atoms. The second-order valence-corrected chi connectivity index (χ2v) is 9.06. The van der Waals surface area contributed by atoms with Crippen LogP contribution in [0.4, 0.5) is 5.69 Å². The lowest BCUT2D eigenvalue weighted by atomic mass is 10.0. The number of hydrogen-bond donors (Lipinski definition) is 2. The molecule has 2 N–H and O–H groups in total. The molecule has 0 fully saturated rings. The summed E-state index contributed by atoms with van der Waals surface area (Å²) in [4.78, 5) is 12.9. The lowest BCUT2D eigenvalue weighted by Crippen LogP contribution is -2.47. The number of rotatable bonds is 7. The van der Waals surface area contributed by atoms with Crippen LogP contribution >= 0.6 is 0 Å². The van der Waals surface area contributed by atoms with Crippen LogP contribution in [0.15, 0.2) is 47.4 Å². The number of carbonyl (C=O) groups is 1. The van der Waals surface area contributed by atoms with Gasteiger partial charge in [-0.2, -0.15) is 4.72 Å². The van der Waals surface area contributed by atoms with E-state index in [1.165, 1.54) is 30.4 Å². The molecular formula is C21H26N2O4S. The maximum Gasteiger partial charge on any atom is 0.242 e. The van der Waals surface area contributed by atoms with E-state index in [1.807, 2.05) is 32.0 Å². The summed E-state index contributed by atoms with van der Waals surface area (Å²) in [6, 6.07) is 11.1. The average molecular weight is 403 g/mol. The van der Waals surface area contributed by atoms with Crippen LogP contribution in [-0.2, 0) is 27.7 Å². The minimum absolute atomic E-state index is 0.0873. The fraction of sp³-hybridized carbons (Fsp3) is 0.381. The quantitative estimate of drug-likeness (QED) is 0.745. The van der Waals surface area contributed by atoms with Gasteiger partial charge < -0.3 is 10.1 Å². The highest BCUT2D eigenvalue weighted by Gasteiger charge is 2.28. The van der Waals surface area contributed by atoms with Gasteiger partial charge >= 0.3 is 0 Å². The van der Waals surface area contributed by atoms with Gasteiger partial charge in [-0.25, -0.2) is 8.42 Å². The number of fused-ring (bicyclic) bond motifs is 1. The molecule has 0 saturated heterocycles. The number of sulfonamides is 1. The molecule has 0 aromatic heterocycles. The van der Waals surface area contributed by atoms with Gasteiger partial charge in [0.25, 0.3) is 0 Å². The summed E-state index contributed by atoms with van der Waals surface area (Å²) in [5.41, 5.74) is 3.26. The SMILES string of the molecule is COc1ccc(S(=O)(=O)NC(C(=O)Nc2ccc3c(c2)CCC3)C(C)C)cc1. The fourth-order valence-electron chi connectivity index (χ4n) is 3.35. The van der Waals surface area contributed by atoms with E-state index in [9.17, 15) is 13.2 Å². The summed E-state index contributed by atoms with van der Waals surface area (Å²) < 4.78 is 33.0. The molecule has 2 aromatic carbocycles. The van der Waals surface area contributed by atoms with Crippen LogP contribution < -0.4 is 14.8 Å². The summed E-state index contributed by atoms with van der Waals surface area (Å²) in [5.74, 6) is -0.0267. The van der Waals surface area contributed by atoms with Gasteiger partial charge in [0, 0.05) is 5.69 Å². The zero-order valence-electron chi connectivity index (χ0n) is 16.4. The van der Waals surface area contributed by atoms with Gasteiger partial charge in [0.15, 0.2) is 0 Å². The average Bonchev–Trinajstić information content (AvgIpc) is 3.13. The molecule has 1 aliphatic rings. The van der Waals surface area contributed by atoms with Crippen LogP contribution in [0.3, 0.4) is 0 Å². The van der Waals surface area contributed by atoms with Crippen molar-refractivity contribution in [3.8, 4) is 5.75 Å². The lowest BCUT2D eigenvalue weighted by Gasteiger charge is -2.22. The molecule has 0 radical (unpaired) electrons. The molecule has 2 aromatic rings. The van der Waals surface area contributed by atoms with Crippen molar-refractivity contribution >= 4 is 21.6 Å². The zero-order valence-corrected chi connectivity index (χ0v) is 17.2. The van der Waals surface area contributed by atoms with E-state index in [-0.39, 0.29) is 16.7 Å². The Bertz CT molecular complexity index is 953. The second kappa shape index (κ2) is 8.32. The smallest absolute Gasteiger partial charge is 0.242 e. The Morgan fingerprint density at radius 1 is 1.04 bits per heavy atom. The van der Waals surface area contributed by atoms with Crippen LogP contribution in [0.25, 0.3) is 0 Å². The van der Waals surface area contributed by atoms with Crippen molar-refractivity contribution in [3.05, 3.63) is 53.6 Å². The number of amides is 1. The summed E-state index contributed by atoms with van der Waals surface area (Å²) in [6.45, 7) is 3.62. The Labute approximate surface area is 166 Å². The number of anilines is 1. The molecule has 1 atom stereocenters. The minimum atomic E-state index is -3.84. The maximum absolute atomic E-state index is 12.8. The molecule has 150 valence electrons. The van der Waals surface area contributed by atoms with Crippen molar-refractivity contribution in [1.82, 2.24) is 4.72 Å². The highest BCUT2D eigenvalue weighted by Crippen LogP contribution is 2.25. The summed E-state index contributed by atoms with van der Waals surface area (Å²) in [7, 11) is -2.33. The van der Waals surface area contributed by atoms with Crippen molar-refractivity contribution in [1.29, 1.82) is 0 Å². The number of hydrogen-bond acceptors (Lipinski definition) is 4. The van der Waals surface area contributed by atoms with Gasteiger partial charge in [0.2, 0.25) is 15.9 Å². The molecule has 28 heavy (non-hydrogen) atoms. The maximum atomic E-state index is 12.8. The van der Waals surface area contributed by atoms with Crippen molar-refractivity contribution in [2.45, 2.75) is 44.0 Å². The van der Waals surface area contributed by atoms with Crippen LogP contribution in [0.1, 0.15) is 31.4 Å². The second-order valence-electron chi connectivity index (χ2n) is 7.34. The fourth-order valence-corrected chi connectivity index (χ4v) is 4.70. The molecule has 0 bridgehead atoms. The van der Waals surface area contributed by atoms with Gasteiger partial charge in [-0.3, -0.25) is 4.79 Å². The Hall–Kier alpha value is -2.38. The molecule has 3 rings (SSSR count). The summed E-state index contributed by atoms with van der Waals surface area (Å²) in [6.07, 6.45) is 3.21. The first-order valence-corrected chi connectivity index (χ1v) is 10.9. The third kappa shape index (κ3) is 4.54. The van der Waals surface area contributed by atoms with Gasteiger partial charge in [-0.1, -0.05) is 19.9 Å². The lowest BCUT2D eigenvalue weighted by molar-refractivity contribution is -0.118. The largest absolute Gasteiger partial charge is 0.497 e. The predicted molar refractivity (Wildman–Crippen MR) is 109 cm³/mol. The minimum Gasteiger partial charge on any atom is -0.497 e. The normalized spacial score (nSPS) is 14.6. The number of methoxy groups -OCH3 is 1. The molecular weight excluding hydrogens is 376 g/mol. The van der Waals surface area contributed by atoms with Crippen LogP contribution in [0.5, 0.6) is 5.75 Å². The van der Waals surface area contributed by atoms with Gasteiger partial charge in [-0.05, 0) is 72.7 Å². The van der Waals surface area contributed by atoms with E-state index in [1.54, 1.807) is 12.1 Å². The first-order chi connectivity index (χ1) is 13.3. The van der Waals surface area contributed by atoms with Crippen LogP contribution in [0.2, 0.25) is 0 Å². The van der Waals surface area contributed by atoms with E-state index < -0.39 is 16.1 Å². The van der Waals surface area contributed by atoms with Gasteiger partial charge in [0.05, 0.1) is 12.0 Å². The molecule has 1 unspecified atom stereocenters. The molecule has 1 amide bonds. The topological polar surface area (TPSA) is 84.5 Å². The third-order valence-electron chi connectivity index (χ3n) is 4.97. The van der Waals surface area contributed by atoms with Crippen molar-refractivity contribution in [2.24, 2.45) is 5.92 Å². The molecule has 1 aliphatic carbocycles. The van der Waals surface area contributed by atoms with Gasteiger partial charge in [-0.15, -0.1) is 0 Å². The summed E-state index contributed by atoms with van der Waals surface area (Å²) in [5, 5.41) is 2.86. The van der Waals surface area contributed by atoms with Crippen molar-refractivity contribution < 1.29 is 17.9 Å². The standard InChI is InChI=1S/C21H26N2O4S/c1-14(2)20(23-28(25,26)19-11-9-18(27-3)10-12-19)21(24)22-17-8-7-15-5-4-6-16(15)13-17/h7-14,20,23H,4-6H2,1-3H3,(H,22,24). The Morgan fingerprint density at radius 2 is 1.71 bits per heavy atom. The molecule has 0 aliphatic heterocycles. The molecule has 0 heterocycles. The van der Waals surface area contributed by atoms with E-state index >= 15 is 0 Å². The number of ether oxygens (including phenoxy) is 1. The van der Waals surface area contributed by atoms with E-state index in [4.69, 9.17) is 4.74 Å². The third-order valence-corrected chi connectivity index (χ3v) is 6.42. The molecule has 0 saturated carbocycles. The highest BCUT2D eigenvalue weighted by atomic mass is 32.2. The molecule has 6 nitrogen and oxygen atoms in total. The van der Waals surface area contributed by atoms with E-state index in [0.29, 0.717) is 11.4 Å². The first kappa shape index (κ1) is 20.4. The number of benzene rings is 2. The van der Waals surface area contributed by atoms with Crippen LogP contribution in [-0.4, -0.2) is 27.5 Å². The summed E-state index contributed by atoms with van der Waals surface area (Å²) >= 11 is 0. The molecule has 7 heteroatoms. The predicted octanol–water partition coefficient (Wildman–Crippen LogP) is 3.13. The first-order valence-electron chi connectivity index (χ1n) is 9.39. The number of nitrogens with one attached hydrogen (secondary N) is 2. The Kier molecular flexibility index (Phi) is 6.05. The van der Waals surface area contributed by atoms with Gasteiger partial charge in [0.1, 0.15) is 11.8 Å². The van der Waals surface area contributed by atoms with Crippen LogP contribution in [0, 0.1) is 5.92 Å². The van der Waals surface area contributed by atoms with E-state index in [0.717, 1.165) is 19.3 Å².